The number of rotatable bonds is 6. The van der Waals surface area contributed by atoms with E-state index in [0.717, 1.165) is 22.2 Å². The summed E-state index contributed by atoms with van der Waals surface area (Å²) in [5.41, 5.74) is 3.01. The largest absolute Gasteiger partial charge is 0.487 e. The van der Waals surface area contributed by atoms with Gasteiger partial charge in [-0.05, 0) is 92.0 Å². The standard InChI is InChI=1S/C25H17Br2ClFNO3S/c1-14-5-7-15(8-6-14)13-33-23-18(26)9-16(10-19(23)27)11-22-24(31)30(25(32)34-22)12-17-20(28)3-2-4-21(17)29/h2-11H,12-13H2,1H3/b22-11-. The summed E-state index contributed by atoms with van der Waals surface area (Å²) in [6.07, 6.45) is 1.62. The minimum absolute atomic E-state index is 0.105. The first-order chi connectivity index (χ1) is 16.2. The molecule has 3 aromatic carbocycles. The molecule has 4 rings (SSSR count). The average molecular weight is 626 g/mol. The fraction of sp³-hybridized carbons (Fsp3) is 0.120. The van der Waals surface area contributed by atoms with E-state index in [9.17, 15) is 14.0 Å². The van der Waals surface area contributed by atoms with Gasteiger partial charge in [0, 0.05) is 10.6 Å². The topological polar surface area (TPSA) is 46.6 Å². The van der Waals surface area contributed by atoms with E-state index in [4.69, 9.17) is 16.3 Å². The maximum atomic E-state index is 14.1. The Kier molecular flexibility index (Phi) is 7.82. The van der Waals surface area contributed by atoms with E-state index in [1.807, 2.05) is 31.2 Å². The molecule has 0 bridgehead atoms. The molecule has 0 spiro atoms. The molecule has 3 aromatic rings. The lowest BCUT2D eigenvalue weighted by atomic mass is 10.1. The van der Waals surface area contributed by atoms with Crippen molar-refractivity contribution in [2.45, 2.75) is 20.1 Å². The van der Waals surface area contributed by atoms with Gasteiger partial charge in [0.1, 0.15) is 18.2 Å². The molecule has 0 atom stereocenters. The SMILES string of the molecule is Cc1ccc(COc2c(Br)cc(/C=C3\SC(=O)N(Cc4c(F)cccc4Cl)C3=O)cc2Br)cc1. The van der Waals surface area contributed by atoms with Crippen LogP contribution in [0.1, 0.15) is 22.3 Å². The number of carbonyl (C=O) groups is 2. The normalized spacial score (nSPS) is 14.9. The van der Waals surface area contributed by atoms with Crippen LogP contribution in [0.4, 0.5) is 9.18 Å². The second-order valence-electron chi connectivity index (χ2n) is 7.56. The molecule has 9 heteroatoms. The third-order valence-electron chi connectivity index (χ3n) is 5.07. The van der Waals surface area contributed by atoms with E-state index < -0.39 is 17.0 Å². The van der Waals surface area contributed by atoms with Gasteiger partial charge in [0.15, 0.2) is 0 Å². The van der Waals surface area contributed by atoms with E-state index in [1.165, 1.54) is 23.8 Å². The molecule has 0 saturated carbocycles. The maximum absolute atomic E-state index is 14.1. The van der Waals surface area contributed by atoms with Crippen LogP contribution in [0.3, 0.4) is 0 Å². The first-order valence-corrected chi connectivity index (χ1v) is 12.9. The molecule has 4 nitrogen and oxygen atoms in total. The highest BCUT2D eigenvalue weighted by molar-refractivity contribution is 9.11. The molecular formula is C25H17Br2ClFNO3S. The molecule has 1 aliphatic rings. The van der Waals surface area contributed by atoms with Gasteiger partial charge in [0.25, 0.3) is 11.1 Å². The third kappa shape index (κ3) is 5.57. The van der Waals surface area contributed by atoms with Gasteiger partial charge in [-0.1, -0.05) is 47.5 Å². The Morgan fingerprint density at radius 3 is 2.41 bits per heavy atom. The van der Waals surface area contributed by atoms with Gasteiger partial charge in [-0.25, -0.2) is 4.39 Å². The lowest BCUT2D eigenvalue weighted by Gasteiger charge is -2.14. The van der Waals surface area contributed by atoms with Gasteiger partial charge in [-0.15, -0.1) is 0 Å². The first kappa shape index (κ1) is 25.0. The summed E-state index contributed by atoms with van der Waals surface area (Å²) in [5.74, 6) is -0.439. The fourth-order valence-electron chi connectivity index (χ4n) is 3.27. The highest BCUT2D eigenvalue weighted by Gasteiger charge is 2.36. The summed E-state index contributed by atoms with van der Waals surface area (Å²) in [6, 6.07) is 15.9. The molecule has 0 aliphatic carbocycles. The Labute approximate surface area is 222 Å². The lowest BCUT2D eigenvalue weighted by molar-refractivity contribution is -0.123. The predicted octanol–water partition coefficient (Wildman–Crippen LogP) is 8.13. The van der Waals surface area contributed by atoms with Crippen LogP contribution in [0.2, 0.25) is 5.02 Å². The highest BCUT2D eigenvalue weighted by Crippen LogP contribution is 2.39. The number of aryl methyl sites for hydroxylation is 1. The van der Waals surface area contributed by atoms with Gasteiger partial charge >= 0.3 is 0 Å². The summed E-state index contributed by atoms with van der Waals surface area (Å²) < 4.78 is 21.5. The number of benzene rings is 3. The molecule has 174 valence electrons. The Bertz CT molecular complexity index is 1270. The molecule has 0 N–H and O–H groups in total. The molecule has 1 saturated heterocycles. The summed E-state index contributed by atoms with van der Waals surface area (Å²) in [4.78, 5) is 26.6. The summed E-state index contributed by atoms with van der Waals surface area (Å²) in [5, 5.41) is -0.316. The third-order valence-corrected chi connectivity index (χ3v) is 7.51. The first-order valence-electron chi connectivity index (χ1n) is 10.1. The zero-order chi connectivity index (χ0) is 24.4. The maximum Gasteiger partial charge on any atom is 0.293 e. The van der Waals surface area contributed by atoms with Gasteiger partial charge in [0.2, 0.25) is 0 Å². The number of carbonyl (C=O) groups excluding carboxylic acids is 2. The second-order valence-corrected chi connectivity index (χ2v) is 10.7. The number of amides is 2. The highest BCUT2D eigenvalue weighted by atomic mass is 79.9. The van der Waals surface area contributed by atoms with Crippen molar-refractivity contribution in [1.82, 2.24) is 4.90 Å². The molecule has 34 heavy (non-hydrogen) atoms. The molecule has 1 fully saturated rings. The van der Waals surface area contributed by atoms with Crippen LogP contribution < -0.4 is 4.74 Å². The van der Waals surface area contributed by atoms with Crippen molar-refractivity contribution in [3.63, 3.8) is 0 Å². The smallest absolute Gasteiger partial charge is 0.293 e. The quantitative estimate of drug-likeness (QED) is 0.260. The molecule has 0 aromatic heterocycles. The Balaban J connectivity index is 1.51. The molecule has 0 unspecified atom stereocenters. The van der Waals surface area contributed by atoms with Crippen LogP contribution in [0.25, 0.3) is 6.08 Å². The Morgan fingerprint density at radius 2 is 1.76 bits per heavy atom. The van der Waals surface area contributed by atoms with E-state index in [2.05, 4.69) is 31.9 Å². The zero-order valence-electron chi connectivity index (χ0n) is 17.8. The van der Waals surface area contributed by atoms with Gasteiger partial charge in [0.05, 0.1) is 20.4 Å². The minimum atomic E-state index is -0.565. The number of imide groups is 1. The molecule has 2 amide bonds. The summed E-state index contributed by atoms with van der Waals surface area (Å²) in [6.45, 7) is 2.20. The van der Waals surface area contributed by atoms with E-state index >= 15 is 0 Å². The molecular weight excluding hydrogens is 609 g/mol. The van der Waals surface area contributed by atoms with E-state index in [1.54, 1.807) is 18.2 Å². The van der Waals surface area contributed by atoms with Crippen LogP contribution in [0, 0.1) is 12.7 Å². The number of halogens is 4. The zero-order valence-corrected chi connectivity index (χ0v) is 22.5. The van der Waals surface area contributed by atoms with Gasteiger partial charge < -0.3 is 4.74 Å². The predicted molar refractivity (Wildman–Crippen MR) is 140 cm³/mol. The van der Waals surface area contributed by atoms with Crippen molar-refractivity contribution >= 4 is 72.4 Å². The summed E-state index contributed by atoms with van der Waals surface area (Å²) >= 11 is 13.9. The van der Waals surface area contributed by atoms with Crippen LogP contribution >= 0.6 is 55.2 Å². The van der Waals surface area contributed by atoms with Crippen LogP contribution in [0.15, 0.2) is 68.4 Å². The van der Waals surface area contributed by atoms with Gasteiger partial charge in [-0.2, -0.15) is 0 Å². The van der Waals surface area contributed by atoms with Crippen LogP contribution in [0.5, 0.6) is 5.75 Å². The number of hydrogen-bond acceptors (Lipinski definition) is 4. The van der Waals surface area contributed by atoms with E-state index in [0.29, 0.717) is 26.9 Å². The van der Waals surface area contributed by atoms with Crippen molar-refractivity contribution in [1.29, 1.82) is 0 Å². The van der Waals surface area contributed by atoms with Crippen LogP contribution in [-0.4, -0.2) is 16.0 Å². The van der Waals surface area contributed by atoms with Gasteiger partial charge in [-0.3, -0.25) is 14.5 Å². The molecule has 1 aliphatic heterocycles. The minimum Gasteiger partial charge on any atom is -0.487 e. The Morgan fingerprint density at radius 1 is 1.09 bits per heavy atom. The number of nitrogens with zero attached hydrogens (tertiary/aromatic N) is 1. The molecule has 0 radical (unpaired) electrons. The number of thioether (sulfide) groups is 1. The Hall–Kier alpha value is -2.13. The number of hydrogen-bond donors (Lipinski definition) is 0. The van der Waals surface area contributed by atoms with Crippen molar-refractivity contribution in [2.75, 3.05) is 0 Å². The van der Waals surface area contributed by atoms with Crippen molar-refractivity contribution in [2.24, 2.45) is 0 Å². The lowest BCUT2D eigenvalue weighted by Crippen LogP contribution is -2.28. The number of ether oxygens (including phenoxy) is 1. The summed E-state index contributed by atoms with van der Waals surface area (Å²) in [7, 11) is 0. The van der Waals surface area contributed by atoms with Crippen molar-refractivity contribution in [3.8, 4) is 5.75 Å². The average Bonchev–Trinajstić information content (AvgIpc) is 3.04. The fourth-order valence-corrected chi connectivity index (χ4v) is 5.78. The second kappa shape index (κ2) is 10.6. The van der Waals surface area contributed by atoms with Crippen molar-refractivity contribution < 1.29 is 18.7 Å². The van der Waals surface area contributed by atoms with Crippen LogP contribution in [-0.2, 0) is 17.9 Å². The van der Waals surface area contributed by atoms with Crippen molar-refractivity contribution in [3.05, 3.63) is 102 Å². The monoisotopic (exact) mass is 623 g/mol. The van der Waals surface area contributed by atoms with E-state index in [-0.39, 0.29) is 22.0 Å². The molecule has 1 heterocycles.